The Morgan fingerprint density at radius 1 is 1.03 bits per heavy atom. The minimum atomic E-state index is 0.0147. The van der Waals surface area contributed by atoms with Crippen molar-refractivity contribution in [3.05, 3.63) is 47.7 Å². The second kappa shape index (κ2) is 9.94. The summed E-state index contributed by atoms with van der Waals surface area (Å²) in [5.41, 5.74) is 2.61. The van der Waals surface area contributed by atoms with Gasteiger partial charge >= 0.3 is 0 Å². The van der Waals surface area contributed by atoms with Crippen molar-refractivity contribution in [3.63, 3.8) is 0 Å². The third-order valence-corrected chi connectivity index (χ3v) is 5.81. The molecule has 160 valence electrons. The van der Waals surface area contributed by atoms with E-state index in [0.717, 1.165) is 48.4 Å². The van der Waals surface area contributed by atoms with Crippen molar-refractivity contribution in [2.24, 2.45) is 0 Å². The number of hydrogen-bond donors (Lipinski definition) is 0. The van der Waals surface area contributed by atoms with Crippen LogP contribution in [0.15, 0.2) is 36.5 Å². The lowest BCUT2D eigenvalue weighted by Crippen LogP contribution is -2.37. The Morgan fingerprint density at radius 3 is 2.67 bits per heavy atom. The van der Waals surface area contributed by atoms with Crippen LogP contribution in [0.1, 0.15) is 48.5 Å². The van der Waals surface area contributed by atoms with E-state index in [1.807, 2.05) is 30.3 Å². The van der Waals surface area contributed by atoms with Gasteiger partial charge in [-0.25, -0.2) is 4.98 Å². The monoisotopic (exact) mass is 409 g/mol. The molecule has 0 saturated carbocycles. The molecule has 4 rings (SSSR count). The van der Waals surface area contributed by atoms with Gasteiger partial charge in [0.2, 0.25) is 5.88 Å². The van der Waals surface area contributed by atoms with Crippen molar-refractivity contribution < 1.29 is 14.3 Å². The number of pyridine rings is 1. The van der Waals surface area contributed by atoms with E-state index in [0.29, 0.717) is 25.6 Å². The van der Waals surface area contributed by atoms with Crippen molar-refractivity contribution in [1.29, 1.82) is 0 Å². The molecule has 1 aromatic heterocycles. The van der Waals surface area contributed by atoms with Gasteiger partial charge in [-0.2, -0.15) is 0 Å². The van der Waals surface area contributed by atoms with Gasteiger partial charge in [-0.3, -0.25) is 9.69 Å². The summed E-state index contributed by atoms with van der Waals surface area (Å²) in [6.07, 6.45) is 7.25. The molecule has 2 aliphatic heterocycles. The molecule has 0 radical (unpaired) electrons. The summed E-state index contributed by atoms with van der Waals surface area (Å²) < 4.78 is 11.6. The summed E-state index contributed by atoms with van der Waals surface area (Å²) in [7, 11) is 0. The van der Waals surface area contributed by atoms with Gasteiger partial charge in [0.05, 0.1) is 18.5 Å². The standard InChI is InChI=1S/C24H31N3O3/c1-2-3-15-29-21-7-8-22-19(17-21)10-13-27(24(22)28)20-6-9-23(25-18-20)30-16-14-26-11-4-5-12-26/h6-9,17-18H,2-5,10-16H2,1H3. The molecule has 1 saturated heterocycles. The number of unbranched alkanes of at least 4 members (excludes halogenated alkanes) is 1. The van der Waals surface area contributed by atoms with Crippen molar-refractivity contribution in [2.45, 2.75) is 39.0 Å². The molecule has 3 heterocycles. The topological polar surface area (TPSA) is 54.9 Å². The fourth-order valence-corrected chi connectivity index (χ4v) is 4.04. The predicted molar refractivity (Wildman–Crippen MR) is 118 cm³/mol. The number of fused-ring (bicyclic) bond motifs is 1. The number of rotatable bonds is 9. The van der Waals surface area contributed by atoms with Crippen LogP contribution in [0, 0.1) is 0 Å². The average Bonchev–Trinajstić information content (AvgIpc) is 3.28. The number of likely N-dealkylation sites (tertiary alicyclic amines) is 1. The highest BCUT2D eigenvalue weighted by Crippen LogP contribution is 2.28. The lowest BCUT2D eigenvalue weighted by molar-refractivity contribution is 0.0980. The lowest BCUT2D eigenvalue weighted by atomic mass is 9.98. The number of amides is 1. The Hall–Kier alpha value is -2.60. The first-order valence-electron chi connectivity index (χ1n) is 11.1. The molecule has 6 nitrogen and oxygen atoms in total. The third-order valence-electron chi connectivity index (χ3n) is 5.81. The number of aromatic nitrogens is 1. The highest BCUT2D eigenvalue weighted by atomic mass is 16.5. The van der Waals surface area contributed by atoms with Gasteiger partial charge in [-0.1, -0.05) is 13.3 Å². The second-order valence-corrected chi connectivity index (χ2v) is 7.98. The summed E-state index contributed by atoms with van der Waals surface area (Å²) in [5.74, 6) is 1.47. The molecule has 0 unspecified atom stereocenters. The van der Waals surface area contributed by atoms with E-state index < -0.39 is 0 Å². The Labute approximate surface area is 178 Å². The highest BCUT2D eigenvalue weighted by Gasteiger charge is 2.26. The Kier molecular flexibility index (Phi) is 6.84. The number of nitrogens with zero attached hydrogens (tertiary/aromatic N) is 3. The summed E-state index contributed by atoms with van der Waals surface area (Å²) in [5, 5.41) is 0. The Morgan fingerprint density at radius 2 is 1.90 bits per heavy atom. The van der Waals surface area contributed by atoms with Crippen LogP contribution < -0.4 is 14.4 Å². The minimum Gasteiger partial charge on any atom is -0.494 e. The fourth-order valence-electron chi connectivity index (χ4n) is 4.04. The third kappa shape index (κ3) is 4.93. The normalized spacial score (nSPS) is 16.6. The van der Waals surface area contributed by atoms with Crippen LogP contribution in [0.4, 0.5) is 5.69 Å². The maximum absolute atomic E-state index is 13.0. The molecule has 0 aliphatic carbocycles. The molecule has 0 N–H and O–H groups in total. The summed E-state index contributed by atoms with van der Waals surface area (Å²) >= 11 is 0. The highest BCUT2D eigenvalue weighted by molar-refractivity contribution is 6.08. The van der Waals surface area contributed by atoms with Crippen LogP contribution in [0.5, 0.6) is 11.6 Å². The van der Waals surface area contributed by atoms with Crippen molar-refractivity contribution >= 4 is 11.6 Å². The average molecular weight is 410 g/mol. The number of benzene rings is 1. The van der Waals surface area contributed by atoms with Crippen molar-refractivity contribution in [3.8, 4) is 11.6 Å². The van der Waals surface area contributed by atoms with Gasteiger partial charge < -0.3 is 14.4 Å². The van der Waals surface area contributed by atoms with Crippen LogP contribution in [-0.4, -0.2) is 55.2 Å². The van der Waals surface area contributed by atoms with E-state index in [1.165, 1.54) is 25.9 Å². The molecule has 1 fully saturated rings. The van der Waals surface area contributed by atoms with Gasteiger partial charge in [0.15, 0.2) is 0 Å². The first kappa shape index (κ1) is 20.7. The van der Waals surface area contributed by atoms with Gasteiger partial charge in [-0.05, 0) is 68.6 Å². The number of anilines is 1. The van der Waals surface area contributed by atoms with E-state index in [1.54, 1.807) is 11.1 Å². The maximum Gasteiger partial charge on any atom is 0.258 e. The van der Waals surface area contributed by atoms with Crippen LogP contribution in [0.25, 0.3) is 0 Å². The number of carbonyl (C=O) groups excluding carboxylic acids is 1. The largest absolute Gasteiger partial charge is 0.494 e. The van der Waals surface area contributed by atoms with Gasteiger partial charge in [0.25, 0.3) is 5.91 Å². The first-order chi connectivity index (χ1) is 14.7. The molecule has 2 aliphatic rings. The Balaban J connectivity index is 1.35. The van der Waals surface area contributed by atoms with E-state index in [9.17, 15) is 4.79 Å². The molecule has 1 aromatic carbocycles. The molecule has 2 aromatic rings. The second-order valence-electron chi connectivity index (χ2n) is 7.98. The van der Waals surface area contributed by atoms with Gasteiger partial charge in [0, 0.05) is 24.7 Å². The number of ether oxygens (including phenoxy) is 2. The molecule has 0 atom stereocenters. The summed E-state index contributed by atoms with van der Waals surface area (Å²) in [6.45, 7) is 7.42. The van der Waals surface area contributed by atoms with Crippen LogP contribution >= 0.6 is 0 Å². The van der Waals surface area contributed by atoms with Gasteiger partial charge in [0.1, 0.15) is 12.4 Å². The molecular formula is C24H31N3O3. The summed E-state index contributed by atoms with van der Waals surface area (Å²) in [4.78, 5) is 21.6. The quantitative estimate of drug-likeness (QED) is 0.587. The Bertz CT molecular complexity index is 847. The fraction of sp³-hybridized carbons (Fsp3) is 0.500. The SMILES string of the molecule is CCCCOc1ccc2c(c1)CCN(c1ccc(OCCN3CCCC3)nc1)C2=O. The number of carbonyl (C=O) groups is 1. The lowest BCUT2D eigenvalue weighted by Gasteiger charge is -2.28. The maximum atomic E-state index is 13.0. The number of hydrogen-bond acceptors (Lipinski definition) is 5. The predicted octanol–water partition coefficient (Wildman–Crippen LogP) is 3.94. The van der Waals surface area contributed by atoms with E-state index in [-0.39, 0.29) is 5.91 Å². The molecule has 1 amide bonds. The zero-order valence-corrected chi connectivity index (χ0v) is 17.8. The van der Waals surface area contributed by atoms with Gasteiger partial charge in [-0.15, -0.1) is 0 Å². The minimum absolute atomic E-state index is 0.0147. The molecule has 0 bridgehead atoms. The summed E-state index contributed by atoms with van der Waals surface area (Å²) in [6, 6.07) is 9.56. The zero-order chi connectivity index (χ0) is 20.8. The van der Waals surface area contributed by atoms with Crippen LogP contribution in [0.3, 0.4) is 0 Å². The van der Waals surface area contributed by atoms with E-state index in [4.69, 9.17) is 9.47 Å². The smallest absolute Gasteiger partial charge is 0.258 e. The van der Waals surface area contributed by atoms with Crippen LogP contribution in [-0.2, 0) is 6.42 Å². The van der Waals surface area contributed by atoms with Crippen molar-refractivity contribution in [1.82, 2.24) is 9.88 Å². The molecule has 0 spiro atoms. The molecule has 6 heteroatoms. The van der Waals surface area contributed by atoms with E-state index >= 15 is 0 Å². The first-order valence-corrected chi connectivity index (χ1v) is 11.1. The zero-order valence-electron chi connectivity index (χ0n) is 17.8. The molecule has 30 heavy (non-hydrogen) atoms. The molecular weight excluding hydrogens is 378 g/mol. The van der Waals surface area contributed by atoms with Crippen LogP contribution in [0.2, 0.25) is 0 Å². The van der Waals surface area contributed by atoms with Crippen molar-refractivity contribution in [2.75, 3.05) is 44.3 Å². The van der Waals surface area contributed by atoms with E-state index in [2.05, 4.69) is 16.8 Å².